The van der Waals surface area contributed by atoms with Gasteiger partial charge in [0, 0.05) is 0 Å². The molecule has 1 heterocycles. The summed E-state index contributed by atoms with van der Waals surface area (Å²) in [6, 6.07) is 0. The first-order valence-electron chi connectivity index (χ1n) is 3.54. The van der Waals surface area contributed by atoms with Gasteiger partial charge in [0.25, 0.3) is 7.12 Å². The Morgan fingerprint density at radius 2 is 1.27 bits per heavy atom. The molecule has 11 heavy (non-hydrogen) atoms. The van der Waals surface area contributed by atoms with E-state index in [0.717, 1.165) is 0 Å². The topological polar surface area (TPSA) is 18.5 Å². The van der Waals surface area contributed by atoms with Crippen molar-refractivity contribution in [3.05, 3.63) is 6.82 Å². The smallest absolute Gasteiger partial charge is 0.430 e. The van der Waals surface area contributed by atoms with Crippen LogP contribution in [0.25, 0.3) is 0 Å². The van der Waals surface area contributed by atoms with E-state index in [1.165, 1.54) is 0 Å². The van der Waals surface area contributed by atoms with Crippen molar-refractivity contribution in [1.29, 1.82) is 0 Å². The molecule has 0 unspecified atom stereocenters. The van der Waals surface area contributed by atoms with Crippen LogP contribution in [0.1, 0.15) is 27.7 Å². The van der Waals surface area contributed by atoms with Gasteiger partial charge in [-0.25, -0.2) is 0 Å². The van der Waals surface area contributed by atoms with Crippen molar-refractivity contribution in [2.24, 2.45) is 0 Å². The third-order valence-electron chi connectivity index (χ3n) is 2.30. The van der Waals surface area contributed by atoms with Crippen molar-refractivity contribution < 1.29 is 26.4 Å². The molecule has 1 fully saturated rings. The van der Waals surface area contributed by atoms with Crippen molar-refractivity contribution in [1.82, 2.24) is 0 Å². The Labute approximate surface area is 79.6 Å². The van der Waals surface area contributed by atoms with Crippen LogP contribution in [0.2, 0.25) is 0 Å². The minimum Gasteiger partial charge on any atom is -0.430 e. The fraction of sp³-hybridized carbons (Fsp3) is 0.857. The molecule has 1 saturated heterocycles. The summed E-state index contributed by atoms with van der Waals surface area (Å²) < 4.78 is 10.9. The van der Waals surface area contributed by atoms with Crippen LogP contribution in [0.4, 0.5) is 0 Å². The van der Waals surface area contributed by atoms with Crippen LogP contribution in [0.3, 0.4) is 0 Å². The van der Waals surface area contributed by atoms with Crippen molar-refractivity contribution in [3.8, 4) is 0 Å². The Morgan fingerprint density at radius 1 is 1.00 bits per heavy atom. The van der Waals surface area contributed by atoms with Crippen LogP contribution in [0, 0.1) is 6.82 Å². The van der Waals surface area contributed by atoms with Gasteiger partial charge in [0.15, 0.2) is 0 Å². The molecule has 0 atom stereocenters. The zero-order valence-corrected chi connectivity index (χ0v) is 8.34. The van der Waals surface area contributed by atoms with Crippen molar-refractivity contribution in [2.45, 2.75) is 38.9 Å². The minimum absolute atomic E-state index is 0. The van der Waals surface area contributed by atoms with Gasteiger partial charge in [-0.05, 0) is 27.7 Å². The summed E-state index contributed by atoms with van der Waals surface area (Å²) in [5.41, 5.74) is -0.446. The minimum atomic E-state index is -0.315. The van der Waals surface area contributed by atoms with E-state index >= 15 is 0 Å². The van der Waals surface area contributed by atoms with Gasteiger partial charge in [0.05, 0.1) is 11.2 Å². The van der Waals surface area contributed by atoms with Gasteiger partial charge in [-0.1, -0.05) is 0 Å². The van der Waals surface area contributed by atoms with Crippen LogP contribution in [0.5, 0.6) is 0 Å². The molecule has 0 aromatic rings. The maximum absolute atomic E-state index is 5.43. The Morgan fingerprint density at radius 3 is 1.36 bits per heavy atom. The summed E-state index contributed by atoms with van der Waals surface area (Å²) >= 11 is 0. The molecule has 1 aliphatic heterocycles. The van der Waals surface area contributed by atoms with E-state index in [4.69, 9.17) is 9.31 Å². The third kappa shape index (κ3) is 2.00. The second-order valence-corrected chi connectivity index (χ2v) is 3.69. The molecule has 0 saturated carbocycles. The molecular formula is C7H14BCuO2. The molecule has 0 aromatic carbocycles. The Kier molecular flexibility index (Phi) is 3.24. The average Bonchev–Trinajstić information content (AvgIpc) is 1.73. The first-order chi connectivity index (χ1) is 4.35. The van der Waals surface area contributed by atoms with E-state index in [9.17, 15) is 0 Å². The monoisotopic (exact) mass is 204 g/mol. The fourth-order valence-corrected chi connectivity index (χ4v) is 0.965. The molecule has 0 radical (unpaired) electrons. The molecular weight excluding hydrogens is 190 g/mol. The van der Waals surface area contributed by atoms with Gasteiger partial charge in [-0.15, -0.1) is 0 Å². The maximum Gasteiger partial charge on any atom is 1.00 e. The van der Waals surface area contributed by atoms with Crippen LogP contribution < -0.4 is 0 Å². The van der Waals surface area contributed by atoms with Gasteiger partial charge in [0.1, 0.15) is 0 Å². The summed E-state index contributed by atoms with van der Waals surface area (Å²) in [7, 11) is -0.315. The SMILES string of the molecule is [CH2-]B1OC(C)(C)C(C)(C)O1.[Cu+]. The molecule has 0 aliphatic carbocycles. The molecule has 0 amide bonds. The predicted octanol–water partition coefficient (Wildman–Crippen LogP) is 1.45. The fourth-order valence-electron chi connectivity index (χ4n) is 0.965. The van der Waals surface area contributed by atoms with Crippen molar-refractivity contribution >= 4 is 7.12 Å². The zero-order valence-electron chi connectivity index (χ0n) is 7.40. The van der Waals surface area contributed by atoms with E-state index in [0.29, 0.717) is 0 Å². The Balaban J connectivity index is 0.000001000. The molecule has 0 spiro atoms. The molecule has 1 rings (SSSR count). The van der Waals surface area contributed by atoms with Gasteiger partial charge in [-0.2, -0.15) is 0 Å². The Hall–Kier alpha value is 0.504. The van der Waals surface area contributed by atoms with Gasteiger partial charge >= 0.3 is 17.1 Å². The van der Waals surface area contributed by atoms with E-state index in [2.05, 4.69) is 6.82 Å². The predicted molar refractivity (Wildman–Crippen MR) is 41.4 cm³/mol. The van der Waals surface area contributed by atoms with Gasteiger partial charge in [-0.3, -0.25) is 0 Å². The normalized spacial score (nSPS) is 26.5. The summed E-state index contributed by atoms with van der Waals surface area (Å²) in [5.74, 6) is 0. The second kappa shape index (κ2) is 3.10. The molecule has 4 heteroatoms. The van der Waals surface area contributed by atoms with Crippen LogP contribution in [-0.4, -0.2) is 18.3 Å². The summed E-state index contributed by atoms with van der Waals surface area (Å²) in [6.45, 7) is 11.7. The average molecular weight is 205 g/mol. The summed E-state index contributed by atoms with van der Waals surface area (Å²) in [5, 5.41) is 0. The van der Waals surface area contributed by atoms with Crippen LogP contribution >= 0.6 is 0 Å². The van der Waals surface area contributed by atoms with Crippen LogP contribution in [-0.2, 0) is 26.4 Å². The summed E-state index contributed by atoms with van der Waals surface area (Å²) in [6.07, 6.45) is 0. The molecule has 2 nitrogen and oxygen atoms in total. The van der Waals surface area contributed by atoms with Crippen molar-refractivity contribution in [2.75, 3.05) is 0 Å². The standard InChI is InChI=1S/C7H14BO2.Cu/c1-6(2)7(3,4)10-8(5)9-6;/h5H2,1-4H3;/q-1;+1. The number of hydrogen-bond acceptors (Lipinski definition) is 2. The zero-order chi connectivity index (χ0) is 7.99. The second-order valence-electron chi connectivity index (χ2n) is 3.69. The van der Waals surface area contributed by atoms with E-state index in [1.54, 1.807) is 0 Å². The van der Waals surface area contributed by atoms with E-state index < -0.39 is 0 Å². The van der Waals surface area contributed by atoms with E-state index in [1.807, 2.05) is 27.7 Å². The first kappa shape index (κ1) is 11.5. The molecule has 0 N–H and O–H groups in total. The number of hydrogen-bond donors (Lipinski definition) is 0. The largest absolute Gasteiger partial charge is 1.00 e. The number of rotatable bonds is 0. The van der Waals surface area contributed by atoms with Crippen molar-refractivity contribution in [3.63, 3.8) is 0 Å². The van der Waals surface area contributed by atoms with Gasteiger partial charge < -0.3 is 16.1 Å². The molecule has 0 bridgehead atoms. The Bertz CT molecular complexity index is 131. The quantitative estimate of drug-likeness (QED) is 0.439. The maximum atomic E-state index is 5.43. The summed E-state index contributed by atoms with van der Waals surface area (Å²) in [4.78, 5) is 0. The molecule has 68 valence electrons. The van der Waals surface area contributed by atoms with E-state index in [-0.39, 0.29) is 35.4 Å². The van der Waals surface area contributed by atoms with Gasteiger partial charge in [0.2, 0.25) is 0 Å². The van der Waals surface area contributed by atoms with Crippen LogP contribution in [0.15, 0.2) is 0 Å². The third-order valence-corrected chi connectivity index (χ3v) is 2.30. The molecule has 1 aliphatic rings. The molecule has 0 aromatic heterocycles. The first-order valence-corrected chi connectivity index (χ1v) is 3.54.